The van der Waals surface area contributed by atoms with Crippen molar-refractivity contribution in [2.45, 2.75) is 47.8 Å². The van der Waals surface area contributed by atoms with Crippen LogP contribution in [0.1, 0.15) is 25.7 Å². The van der Waals surface area contributed by atoms with Gasteiger partial charge in [0, 0.05) is 32.8 Å². The zero-order valence-electron chi connectivity index (χ0n) is 25.2. The Balaban J connectivity index is 7.35. The fourth-order valence-electron chi connectivity index (χ4n) is 4.68. The summed E-state index contributed by atoms with van der Waals surface area (Å²) in [6.45, 7) is -5.91. The van der Waals surface area contributed by atoms with Crippen LogP contribution in [-0.4, -0.2) is 160 Å². The van der Waals surface area contributed by atoms with Gasteiger partial charge in [-0.05, 0) is 19.4 Å². The maximum atomic E-state index is 12.2. The zero-order valence-corrected chi connectivity index (χ0v) is 32.3. The minimum atomic E-state index is -6.29. The molecule has 0 aromatic rings. The second-order valence-corrected chi connectivity index (χ2v) is 25.5. The number of hydrogen-bond acceptors (Lipinski definition) is 12. The Labute approximate surface area is 282 Å². The van der Waals surface area contributed by atoms with Crippen LogP contribution in [0.15, 0.2) is 0 Å². The molecule has 0 amide bonds. The van der Waals surface area contributed by atoms with Gasteiger partial charge in [-0.3, -0.25) is 46.3 Å². The van der Waals surface area contributed by atoms with Gasteiger partial charge in [-0.25, -0.2) is 0 Å². The standard InChI is InChI=1S/C14H41N3O25P8/c18-10-4-2-1-3-5-15(6-8-16(11(43(19,20)21)44(22,23)24)12(45(25,26)27)46(28,29)30)7-9-17(13(47(31,32)33)48(34,35)36)14(49(37,38)39)50(40,41)42/h11-14,18H,1-10H2,(H2,19,20,21)(H2,22,23,24)(H2,25,26,27)(H2,28,29,30)(H2,31,32,33)(H2,34,35,36)(H2,37,38,39)(H2,40,41,42). The molecule has 0 saturated heterocycles. The maximum absolute atomic E-state index is 12.2. The Morgan fingerprint density at radius 2 is 0.540 bits per heavy atom. The lowest BCUT2D eigenvalue weighted by atomic mass is 10.2. The zero-order chi connectivity index (χ0) is 40.1. The van der Waals surface area contributed by atoms with Crippen LogP contribution in [0.2, 0.25) is 0 Å². The summed E-state index contributed by atoms with van der Waals surface area (Å²) in [6, 6.07) is 0. The van der Waals surface area contributed by atoms with Crippen molar-refractivity contribution in [1.29, 1.82) is 0 Å². The summed E-state index contributed by atoms with van der Waals surface area (Å²) in [4.78, 5) is 155. The molecule has 0 aromatic carbocycles. The highest BCUT2D eigenvalue weighted by Crippen LogP contribution is 2.70. The number of aliphatic hydroxyl groups is 1. The fraction of sp³-hybridized carbons (Fsp3) is 1.00. The lowest BCUT2D eigenvalue weighted by Gasteiger charge is -2.40. The average Bonchev–Trinajstić information content (AvgIpc) is 2.77. The summed E-state index contributed by atoms with van der Waals surface area (Å²) < 4.78 is 97.2. The summed E-state index contributed by atoms with van der Waals surface area (Å²) in [5.74, 6) is 0. The molecule has 0 heterocycles. The molecular formula is C14H41N3O25P8. The molecule has 0 atom stereocenters. The third-order valence-electron chi connectivity index (χ3n) is 6.32. The van der Waals surface area contributed by atoms with Crippen molar-refractivity contribution in [2.24, 2.45) is 0 Å². The van der Waals surface area contributed by atoms with Gasteiger partial charge in [0.25, 0.3) is 0 Å². The van der Waals surface area contributed by atoms with E-state index in [1.807, 2.05) is 0 Å². The van der Waals surface area contributed by atoms with E-state index in [1.54, 1.807) is 0 Å². The molecule has 0 aliphatic carbocycles. The highest BCUT2D eigenvalue weighted by molar-refractivity contribution is 7.73. The number of aliphatic hydroxyl groups excluding tert-OH is 1. The summed E-state index contributed by atoms with van der Waals surface area (Å²) >= 11 is 0. The van der Waals surface area contributed by atoms with Crippen molar-refractivity contribution >= 4 is 60.8 Å². The van der Waals surface area contributed by atoms with E-state index in [-0.39, 0.29) is 32.3 Å². The average molecular weight is 899 g/mol. The summed E-state index contributed by atoms with van der Waals surface area (Å²) in [6.07, 6.45) is 0.656. The molecule has 0 saturated carbocycles. The largest absolute Gasteiger partial charge is 0.396 e. The van der Waals surface area contributed by atoms with Gasteiger partial charge < -0.3 is 88.3 Å². The Kier molecular flexibility index (Phi) is 19.2. The number of nitrogens with zero attached hydrogens (tertiary/aromatic N) is 3. The Bertz CT molecular complexity index is 1210. The SMILES string of the molecule is O=P(O)(O)C(N(CCN(CCCCCCO)CCN(C(P(=O)(O)O)P(=O)(O)O)C(P(=O)(O)O)P(=O)(O)O)C(P(=O)(O)O)P(=O)(O)O)P(=O)(O)O. The minimum Gasteiger partial charge on any atom is -0.396 e. The predicted octanol–water partition coefficient (Wildman–Crippen LogP) is -3.00. The second kappa shape index (κ2) is 18.8. The summed E-state index contributed by atoms with van der Waals surface area (Å²) in [7, 11) is -50.3. The van der Waals surface area contributed by atoms with Gasteiger partial charge in [-0.2, -0.15) is 0 Å². The van der Waals surface area contributed by atoms with Crippen molar-refractivity contribution in [1.82, 2.24) is 14.7 Å². The first-order valence-electron chi connectivity index (χ1n) is 13.2. The van der Waals surface area contributed by atoms with Crippen LogP contribution in [0.4, 0.5) is 0 Å². The van der Waals surface area contributed by atoms with Crippen LogP contribution >= 0.6 is 60.8 Å². The lowest BCUT2D eigenvalue weighted by Crippen LogP contribution is -2.49. The Hall–Kier alpha value is 1.04. The van der Waals surface area contributed by atoms with E-state index < -0.39 is 125 Å². The third-order valence-corrected chi connectivity index (χ3v) is 20.7. The van der Waals surface area contributed by atoms with Crippen molar-refractivity contribution in [3.05, 3.63) is 0 Å². The molecule has 36 heteroatoms. The molecule has 50 heavy (non-hydrogen) atoms. The van der Waals surface area contributed by atoms with Crippen molar-refractivity contribution in [3.63, 3.8) is 0 Å². The van der Waals surface area contributed by atoms with Crippen LogP contribution in [0, 0.1) is 0 Å². The maximum Gasteiger partial charge on any atom is 0.355 e. The molecule has 28 nitrogen and oxygen atoms in total. The highest BCUT2D eigenvalue weighted by Gasteiger charge is 2.60. The van der Waals surface area contributed by atoms with E-state index >= 15 is 0 Å². The van der Waals surface area contributed by atoms with Crippen LogP contribution in [0.25, 0.3) is 0 Å². The van der Waals surface area contributed by atoms with Crippen LogP contribution in [-0.2, 0) is 36.5 Å². The van der Waals surface area contributed by atoms with Gasteiger partial charge in [0.15, 0.2) is 0 Å². The summed E-state index contributed by atoms with van der Waals surface area (Å²) in [5, 5.41) is 8.97. The first-order chi connectivity index (χ1) is 21.9. The normalized spacial score (nSPS) is 15.2. The molecule has 0 spiro atoms. The molecule has 0 aromatic heterocycles. The topological polar surface area (TPSA) is 490 Å². The predicted molar refractivity (Wildman–Crippen MR) is 167 cm³/mol. The van der Waals surface area contributed by atoms with E-state index in [0.717, 1.165) is 4.90 Å². The van der Waals surface area contributed by atoms with E-state index in [2.05, 4.69) is 0 Å². The molecule has 0 aliphatic rings. The third kappa shape index (κ3) is 16.8. The molecule has 302 valence electrons. The van der Waals surface area contributed by atoms with Crippen molar-refractivity contribution in [3.8, 4) is 0 Å². The van der Waals surface area contributed by atoms with Crippen molar-refractivity contribution < 1.29 is 120 Å². The van der Waals surface area contributed by atoms with E-state index in [4.69, 9.17) is 5.11 Å². The van der Waals surface area contributed by atoms with Crippen LogP contribution in [0.3, 0.4) is 0 Å². The van der Waals surface area contributed by atoms with Gasteiger partial charge in [0.05, 0.1) is 0 Å². The molecule has 0 radical (unpaired) electrons. The van der Waals surface area contributed by atoms with Gasteiger partial charge in [-0.1, -0.05) is 12.8 Å². The second-order valence-electron chi connectivity index (χ2n) is 10.6. The Morgan fingerprint density at radius 3 is 0.740 bits per heavy atom. The van der Waals surface area contributed by atoms with E-state index in [1.165, 1.54) is 0 Å². The number of rotatable bonds is 24. The first-order valence-corrected chi connectivity index (χ1v) is 26.6. The van der Waals surface area contributed by atoms with Crippen molar-refractivity contribution in [2.75, 3.05) is 39.3 Å². The number of unbranched alkanes of at least 4 members (excludes halogenated alkanes) is 3. The number of hydrogen-bond donors (Lipinski definition) is 17. The first kappa shape index (κ1) is 51.0. The summed E-state index contributed by atoms with van der Waals surface area (Å²) in [5.41, 5.74) is -14.5. The Morgan fingerprint density at radius 1 is 0.320 bits per heavy atom. The molecule has 0 rings (SSSR count). The van der Waals surface area contributed by atoms with Crippen LogP contribution < -0.4 is 0 Å². The molecule has 0 fully saturated rings. The molecule has 0 aliphatic heterocycles. The smallest absolute Gasteiger partial charge is 0.355 e. The minimum absolute atomic E-state index is 0.0400. The quantitative estimate of drug-likeness (QED) is 0.0339. The van der Waals surface area contributed by atoms with Gasteiger partial charge in [0.1, 0.15) is 0 Å². The van der Waals surface area contributed by atoms with Crippen LogP contribution in [0.5, 0.6) is 0 Å². The molecular weight excluding hydrogens is 858 g/mol. The van der Waals surface area contributed by atoms with Gasteiger partial charge in [-0.15, -0.1) is 0 Å². The molecule has 0 unspecified atom stereocenters. The van der Waals surface area contributed by atoms with E-state index in [0.29, 0.717) is 0 Å². The molecule has 0 bridgehead atoms. The fourth-order valence-corrected chi connectivity index (χ4v) is 16.9. The molecule has 17 N–H and O–H groups in total. The lowest BCUT2D eigenvalue weighted by molar-refractivity contribution is 0.149. The van der Waals surface area contributed by atoms with E-state index in [9.17, 15) is 115 Å². The van der Waals surface area contributed by atoms with Gasteiger partial charge in [0.2, 0.25) is 22.1 Å². The highest BCUT2D eigenvalue weighted by atomic mass is 31.3. The monoisotopic (exact) mass is 899 g/mol. The van der Waals surface area contributed by atoms with Gasteiger partial charge >= 0.3 is 60.8 Å².